The molecule has 0 amide bonds. The molecule has 2 aromatic rings. The zero-order valence-electron chi connectivity index (χ0n) is 15.6. The second-order valence-electron chi connectivity index (χ2n) is 7.55. The number of rotatable bonds is 5. The molecule has 1 aromatic carbocycles. The van der Waals surface area contributed by atoms with Gasteiger partial charge in [-0.1, -0.05) is 12.1 Å². The highest BCUT2D eigenvalue weighted by atomic mass is 32.2. The zero-order valence-corrected chi connectivity index (χ0v) is 17.2. The molecule has 0 aliphatic carbocycles. The highest BCUT2D eigenvalue weighted by molar-refractivity contribution is 8.01. The summed E-state index contributed by atoms with van der Waals surface area (Å²) >= 11 is 1.84. The third-order valence-electron chi connectivity index (χ3n) is 5.13. The van der Waals surface area contributed by atoms with Crippen molar-refractivity contribution in [1.82, 2.24) is 9.29 Å². The van der Waals surface area contributed by atoms with Gasteiger partial charge in [0, 0.05) is 29.8 Å². The standard InChI is InChI=1S/C20H24N2O3S2/c1-15-7-16(2)9-19(8-15)27(23,24)22-13-20(14-22)10-18(12-26-20)25-11-17-5-3-4-6-21-17/h3-9,18H,10-14H2,1-2H3. The minimum Gasteiger partial charge on any atom is -0.371 e. The highest BCUT2D eigenvalue weighted by Gasteiger charge is 2.53. The monoisotopic (exact) mass is 404 g/mol. The molecule has 0 saturated carbocycles. The molecule has 0 N–H and O–H groups in total. The Morgan fingerprint density at radius 2 is 1.96 bits per heavy atom. The number of hydrogen-bond donors (Lipinski definition) is 0. The van der Waals surface area contributed by atoms with E-state index in [0.29, 0.717) is 24.6 Å². The summed E-state index contributed by atoms with van der Waals surface area (Å²) in [5.41, 5.74) is 2.88. The molecule has 2 saturated heterocycles. The van der Waals surface area contributed by atoms with Crippen molar-refractivity contribution in [3.8, 4) is 0 Å². The van der Waals surface area contributed by atoms with Crippen molar-refractivity contribution < 1.29 is 13.2 Å². The Bertz CT molecular complexity index is 905. The Morgan fingerprint density at radius 3 is 2.63 bits per heavy atom. The molecular formula is C20H24N2O3S2. The second-order valence-corrected chi connectivity index (χ2v) is 11.0. The van der Waals surface area contributed by atoms with Gasteiger partial charge in [-0.25, -0.2) is 8.42 Å². The lowest BCUT2D eigenvalue weighted by Gasteiger charge is -2.46. The van der Waals surface area contributed by atoms with Gasteiger partial charge in [0.15, 0.2) is 0 Å². The average Bonchev–Trinajstić information content (AvgIpc) is 3.04. The SMILES string of the molecule is Cc1cc(C)cc(S(=O)(=O)N2CC3(CC(OCc4ccccn4)CS3)C2)c1. The van der Waals surface area contributed by atoms with Crippen LogP contribution >= 0.6 is 11.8 Å². The van der Waals surface area contributed by atoms with Gasteiger partial charge in [-0.2, -0.15) is 4.31 Å². The normalized spacial score (nSPS) is 22.1. The van der Waals surface area contributed by atoms with Gasteiger partial charge in [-0.15, -0.1) is 11.8 Å². The summed E-state index contributed by atoms with van der Waals surface area (Å²) in [5.74, 6) is 0.907. The summed E-state index contributed by atoms with van der Waals surface area (Å²) in [7, 11) is -3.41. The molecule has 2 aliphatic rings. The number of ether oxygens (including phenoxy) is 1. The summed E-state index contributed by atoms with van der Waals surface area (Å²) in [6.07, 6.45) is 2.82. The largest absolute Gasteiger partial charge is 0.371 e. The molecule has 0 bridgehead atoms. The second kappa shape index (κ2) is 7.20. The molecule has 5 nitrogen and oxygen atoms in total. The lowest BCUT2D eigenvalue weighted by atomic mass is 9.95. The number of benzene rings is 1. The highest BCUT2D eigenvalue weighted by Crippen LogP contribution is 2.47. The summed E-state index contributed by atoms with van der Waals surface area (Å²) in [5, 5.41) is 0. The number of aryl methyl sites for hydroxylation is 2. The van der Waals surface area contributed by atoms with Crippen molar-refractivity contribution >= 4 is 21.8 Å². The molecule has 2 fully saturated rings. The Kier molecular flexibility index (Phi) is 5.05. The van der Waals surface area contributed by atoms with Crippen molar-refractivity contribution in [2.75, 3.05) is 18.8 Å². The van der Waals surface area contributed by atoms with Crippen molar-refractivity contribution in [3.05, 3.63) is 59.4 Å². The first-order valence-corrected chi connectivity index (χ1v) is 11.5. The Balaban J connectivity index is 1.36. The maximum absolute atomic E-state index is 12.9. The average molecular weight is 405 g/mol. The number of aromatic nitrogens is 1. The van der Waals surface area contributed by atoms with Crippen LogP contribution in [0.1, 0.15) is 23.2 Å². The predicted octanol–water partition coefficient (Wildman–Crippen LogP) is 3.16. The van der Waals surface area contributed by atoms with Crippen molar-refractivity contribution in [3.63, 3.8) is 0 Å². The van der Waals surface area contributed by atoms with E-state index < -0.39 is 10.0 Å². The van der Waals surface area contributed by atoms with Crippen LogP contribution in [0, 0.1) is 13.8 Å². The smallest absolute Gasteiger partial charge is 0.243 e. The van der Waals surface area contributed by atoms with E-state index in [1.54, 1.807) is 22.6 Å². The van der Waals surface area contributed by atoms with Gasteiger partial charge < -0.3 is 4.74 Å². The Morgan fingerprint density at radius 1 is 1.22 bits per heavy atom. The van der Waals surface area contributed by atoms with Gasteiger partial charge in [0.25, 0.3) is 0 Å². The van der Waals surface area contributed by atoms with Crippen molar-refractivity contribution in [2.45, 2.75) is 42.6 Å². The number of nitrogens with zero attached hydrogens (tertiary/aromatic N) is 2. The zero-order chi connectivity index (χ0) is 19.1. The summed E-state index contributed by atoms with van der Waals surface area (Å²) < 4.78 is 33.5. The van der Waals surface area contributed by atoms with E-state index >= 15 is 0 Å². The van der Waals surface area contributed by atoms with Crippen molar-refractivity contribution in [2.24, 2.45) is 0 Å². The van der Waals surface area contributed by atoms with Crippen molar-refractivity contribution in [1.29, 1.82) is 0 Å². The lowest BCUT2D eigenvalue weighted by Crippen LogP contribution is -2.60. The van der Waals surface area contributed by atoms with Gasteiger partial charge in [-0.3, -0.25) is 4.98 Å². The van der Waals surface area contributed by atoms with Gasteiger partial charge >= 0.3 is 0 Å². The minimum absolute atomic E-state index is 0.000717. The molecule has 7 heteroatoms. The summed E-state index contributed by atoms with van der Waals surface area (Å²) in [4.78, 5) is 4.69. The van der Waals surface area contributed by atoms with E-state index in [4.69, 9.17) is 4.74 Å². The maximum atomic E-state index is 12.9. The van der Waals surface area contributed by atoms with Crippen LogP contribution in [0.5, 0.6) is 0 Å². The van der Waals surface area contributed by atoms with Crippen LogP contribution in [0.4, 0.5) is 0 Å². The molecule has 0 radical (unpaired) electrons. The van der Waals surface area contributed by atoms with Crippen LogP contribution in [0.3, 0.4) is 0 Å². The van der Waals surface area contributed by atoms with Gasteiger partial charge in [0.05, 0.1) is 23.3 Å². The third-order valence-corrected chi connectivity index (χ3v) is 8.48. The molecule has 1 aromatic heterocycles. The molecule has 1 atom stereocenters. The molecule has 1 unspecified atom stereocenters. The van der Waals surface area contributed by atoms with Crippen LogP contribution in [-0.2, 0) is 21.4 Å². The first-order chi connectivity index (χ1) is 12.9. The fourth-order valence-electron chi connectivity index (χ4n) is 3.81. The Labute approximate surface area is 165 Å². The van der Waals surface area contributed by atoms with Crippen LogP contribution in [-0.4, -0.2) is 47.4 Å². The van der Waals surface area contributed by atoms with Crippen LogP contribution in [0.25, 0.3) is 0 Å². The molecule has 1 spiro atoms. The van der Waals surface area contributed by atoms with Gasteiger partial charge in [0.1, 0.15) is 0 Å². The van der Waals surface area contributed by atoms with E-state index in [1.807, 2.05) is 49.9 Å². The van der Waals surface area contributed by atoms with E-state index in [2.05, 4.69) is 4.98 Å². The first-order valence-electron chi connectivity index (χ1n) is 9.10. The fraction of sp³-hybridized carbons (Fsp3) is 0.450. The Hall–Kier alpha value is -1.41. The fourth-order valence-corrected chi connectivity index (χ4v) is 7.33. The number of sulfonamides is 1. The third kappa shape index (κ3) is 3.92. The van der Waals surface area contributed by atoms with E-state index in [1.165, 1.54) is 0 Å². The molecule has 144 valence electrons. The molecule has 2 aliphatic heterocycles. The maximum Gasteiger partial charge on any atom is 0.243 e. The summed E-state index contributed by atoms with van der Waals surface area (Å²) in [6.45, 7) is 5.50. The molecular weight excluding hydrogens is 380 g/mol. The predicted molar refractivity (Wildman–Crippen MR) is 107 cm³/mol. The lowest BCUT2D eigenvalue weighted by molar-refractivity contribution is 0.0380. The van der Waals surface area contributed by atoms with E-state index in [0.717, 1.165) is 29.0 Å². The van der Waals surface area contributed by atoms with E-state index in [9.17, 15) is 8.42 Å². The van der Waals surface area contributed by atoms with Gasteiger partial charge in [-0.05, 0) is 55.7 Å². The minimum atomic E-state index is -3.41. The number of thioether (sulfide) groups is 1. The first kappa shape index (κ1) is 18.9. The molecule has 27 heavy (non-hydrogen) atoms. The topological polar surface area (TPSA) is 59.5 Å². The van der Waals surface area contributed by atoms with E-state index in [-0.39, 0.29) is 10.9 Å². The molecule has 3 heterocycles. The van der Waals surface area contributed by atoms with Crippen LogP contribution in [0.15, 0.2) is 47.5 Å². The quantitative estimate of drug-likeness (QED) is 0.766. The number of hydrogen-bond acceptors (Lipinski definition) is 5. The number of pyridine rings is 1. The molecule has 4 rings (SSSR count). The van der Waals surface area contributed by atoms with Gasteiger partial charge in [0.2, 0.25) is 10.0 Å². The van der Waals surface area contributed by atoms with Crippen LogP contribution < -0.4 is 0 Å². The summed E-state index contributed by atoms with van der Waals surface area (Å²) in [6, 6.07) is 11.3. The van der Waals surface area contributed by atoms with Crippen LogP contribution in [0.2, 0.25) is 0 Å².